The lowest BCUT2D eigenvalue weighted by molar-refractivity contribution is 0.275. The zero-order chi connectivity index (χ0) is 12.2. The summed E-state index contributed by atoms with van der Waals surface area (Å²) < 4.78 is 26.0. The third kappa shape index (κ3) is 3.71. The van der Waals surface area contributed by atoms with Crippen LogP contribution in [0, 0.1) is 0 Å². The molecule has 1 atom stereocenters. The Morgan fingerprint density at radius 1 is 1.62 bits per heavy atom. The number of aliphatic hydroxyl groups is 1. The number of sulfonamides is 1. The van der Waals surface area contributed by atoms with Gasteiger partial charge in [-0.15, -0.1) is 0 Å². The van der Waals surface area contributed by atoms with E-state index in [1.807, 2.05) is 0 Å². The molecule has 0 aromatic carbocycles. The smallest absolute Gasteiger partial charge is 0.240 e. The van der Waals surface area contributed by atoms with Crippen LogP contribution in [0.4, 0.5) is 0 Å². The van der Waals surface area contributed by atoms with Crippen molar-refractivity contribution in [2.24, 2.45) is 0 Å². The van der Waals surface area contributed by atoms with E-state index in [0.29, 0.717) is 6.42 Å². The van der Waals surface area contributed by atoms with Crippen LogP contribution in [-0.2, 0) is 10.0 Å². The molecule has 0 aliphatic carbocycles. The third-order valence-electron chi connectivity index (χ3n) is 1.93. The largest absolute Gasteiger partial charge is 0.396 e. The van der Waals surface area contributed by atoms with Gasteiger partial charge in [0, 0.05) is 18.8 Å². The fraction of sp³-hybridized carbons (Fsp3) is 0.444. The van der Waals surface area contributed by atoms with Gasteiger partial charge in [-0.3, -0.25) is 0 Å². The molecular formula is C9H13ClN2O3S. The summed E-state index contributed by atoms with van der Waals surface area (Å²) >= 11 is 5.61. The Hall–Kier alpha value is -0.690. The summed E-state index contributed by atoms with van der Waals surface area (Å²) in [6, 6.07) is 2.30. The normalized spacial score (nSPS) is 13.7. The van der Waals surface area contributed by atoms with Crippen molar-refractivity contribution in [2.45, 2.75) is 24.3 Å². The van der Waals surface area contributed by atoms with Gasteiger partial charge in [0.25, 0.3) is 0 Å². The summed E-state index contributed by atoms with van der Waals surface area (Å²) in [7, 11) is -3.59. The standard InChI is InChI=1S/C9H13ClN2O3S/c1-7(3-5-13)12-16(14,15)8-2-4-11-9(10)6-8/h2,4,6-7,12-13H,3,5H2,1H3. The molecule has 0 saturated heterocycles. The molecule has 5 nitrogen and oxygen atoms in total. The predicted molar refractivity (Wildman–Crippen MR) is 60.7 cm³/mol. The maximum atomic E-state index is 11.8. The molecule has 0 bridgehead atoms. The fourth-order valence-electron chi connectivity index (χ4n) is 1.14. The summed E-state index contributed by atoms with van der Waals surface area (Å²) in [6.45, 7) is 1.61. The van der Waals surface area contributed by atoms with Gasteiger partial charge in [-0.05, 0) is 25.5 Å². The minimum atomic E-state index is -3.59. The average Bonchev–Trinajstić information content (AvgIpc) is 2.17. The number of pyridine rings is 1. The maximum absolute atomic E-state index is 11.8. The first-order valence-corrected chi connectivity index (χ1v) is 6.56. The molecule has 1 unspecified atom stereocenters. The van der Waals surface area contributed by atoms with Gasteiger partial charge in [-0.1, -0.05) is 11.6 Å². The molecule has 0 fully saturated rings. The van der Waals surface area contributed by atoms with Crippen molar-refractivity contribution in [2.75, 3.05) is 6.61 Å². The molecule has 0 aliphatic heterocycles. The van der Waals surface area contributed by atoms with E-state index in [1.165, 1.54) is 18.3 Å². The lowest BCUT2D eigenvalue weighted by atomic mass is 10.3. The van der Waals surface area contributed by atoms with Crippen LogP contribution < -0.4 is 4.72 Å². The van der Waals surface area contributed by atoms with Crippen molar-refractivity contribution < 1.29 is 13.5 Å². The van der Waals surface area contributed by atoms with Gasteiger partial charge in [-0.2, -0.15) is 0 Å². The van der Waals surface area contributed by atoms with E-state index < -0.39 is 10.0 Å². The highest BCUT2D eigenvalue weighted by Crippen LogP contribution is 2.13. The van der Waals surface area contributed by atoms with Crippen molar-refractivity contribution in [1.29, 1.82) is 0 Å². The van der Waals surface area contributed by atoms with Crippen molar-refractivity contribution in [1.82, 2.24) is 9.71 Å². The van der Waals surface area contributed by atoms with E-state index >= 15 is 0 Å². The van der Waals surface area contributed by atoms with Crippen molar-refractivity contribution in [3.8, 4) is 0 Å². The quantitative estimate of drug-likeness (QED) is 0.771. The van der Waals surface area contributed by atoms with Gasteiger partial charge in [0.1, 0.15) is 5.15 Å². The number of rotatable bonds is 5. The molecule has 7 heteroatoms. The van der Waals surface area contributed by atoms with E-state index in [2.05, 4.69) is 9.71 Å². The van der Waals surface area contributed by atoms with Gasteiger partial charge in [0.2, 0.25) is 10.0 Å². The molecule has 1 aromatic heterocycles. The Morgan fingerprint density at radius 2 is 2.31 bits per heavy atom. The lowest BCUT2D eigenvalue weighted by Crippen LogP contribution is -2.33. The van der Waals surface area contributed by atoms with Crippen molar-refractivity contribution >= 4 is 21.6 Å². The molecule has 90 valence electrons. The van der Waals surface area contributed by atoms with Crippen LogP contribution in [0.2, 0.25) is 5.15 Å². The summed E-state index contributed by atoms with van der Waals surface area (Å²) in [6.07, 6.45) is 1.69. The minimum Gasteiger partial charge on any atom is -0.396 e. The van der Waals surface area contributed by atoms with E-state index in [4.69, 9.17) is 16.7 Å². The number of hydrogen-bond acceptors (Lipinski definition) is 4. The first-order chi connectivity index (χ1) is 7.45. The number of nitrogens with zero attached hydrogens (tertiary/aromatic N) is 1. The van der Waals surface area contributed by atoms with Crippen LogP contribution in [0.5, 0.6) is 0 Å². The van der Waals surface area contributed by atoms with Gasteiger partial charge in [-0.25, -0.2) is 18.1 Å². The highest BCUT2D eigenvalue weighted by molar-refractivity contribution is 7.89. The number of aromatic nitrogens is 1. The van der Waals surface area contributed by atoms with E-state index in [-0.39, 0.29) is 22.7 Å². The molecule has 0 aliphatic rings. The van der Waals surface area contributed by atoms with Gasteiger partial charge in [0.05, 0.1) is 4.90 Å². The Bertz CT molecular complexity index is 450. The topological polar surface area (TPSA) is 79.3 Å². The van der Waals surface area contributed by atoms with Crippen LogP contribution >= 0.6 is 11.6 Å². The highest BCUT2D eigenvalue weighted by atomic mass is 35.5. The Balaban J connectivity index is 2.86. The number of nitrogens with one attached hydrogen (secondary N) is 1. The first-order valence-electron chi connectivity index (χ1n) is 4.70. The SMILES string of the molecule is CC(CCO)NS(=O)(=O)c1ccnc(Cl)c1. The zero-order valence-electron chi connectivity index (χ0n) is 8.72. The van der Waals surface area contributed by atoms with Gasteiger partial charge >= 0.3 is 0 Å². The molecule has 0 spiro atoms. The molecule has 0 amide bonds. The Labute approximate surface area is 99.5 Å². The molecule has 0 saturated carbocycles. The van der Waals surface area contributed by atoms with E-state index in [1.54, 1.807) is 6.92 Å². The molecule has 0 radical (unpaired) electrons. The number of hydrogen-bond donors (Lipinski definition) is 2. The number of halogens is 1. The number of aliphatic hydroxyl groups excluding tert-OH is 1. The van der Waals surface area contributed by atoms with Crippen molar-refractivity contribution in [3.63, 3.8) is 0 Å². The van der Waals surface area contributed by atoms with Gasteiger partial charge < -0.3 is 5.11 Å². The van der Waals surface area contributed by atoms with E-state index in [0.717, 1.165) is 0 Å². The minimum absolute atomic E-state index is 0.0669. The molecule has 16 heavy (non-hydrogen) atoms. The molecular weight excluding hydrogens is 252 g/mol. The second-order valence-corrected chi connectivity index (χ2v) is 5.45. The van der Waals surface area contributed by atoms with Crippen LogP contribution in [0.25, 0.3) is 0 Å². The molecule has 1 heterocycles. The highest BCUT2D eigenvalue weighted by Gasteiger charge is 2.17. The van der Waals surface area contributed by atoms with Crippen LogP contribution in [0.3, 0.4) is 0 Å². The fourth-order valence-corrected chi connectivity index (χ4v) is 2.67. The second-order valence-electron chi connectivity index (χ2n) is 3.35. The van der Waals surface area contributed by atoms with Crippen LogP contribution in [0.15, 0.2) is 23.2 Å². The summed E-state index contributed by atoms with van der Waals surface area (Å²) in [5, 5.41) is 8.81. The second kappa shape index (κ2) is 5.58. The van der Waals surface area contributed by atoms with Gasteiger partial charge in [0.15, 0.2) is 0 Å². The molecule has 2 N–H and O–H groups in total. The maximum Gasteiger partial charge on any atom is 0.240 e. The average molecular weight is 265 g/mol. The first kappa shape index (κ1) is 13.4. The molecule has 1 rings (SSSR count). The Morgan fingerprint density at radius 3 is 2.88 bits per heavy atom. The third-order valence-corrected chi connectivity index (χ3v) is 3.72. The zero-order valence-corrected chi connectivity index (χ0v) is 10.3. The summed E-state index contributed by atoms with van der Waals surface area (Å²) in [5.41, 5.74) is 0. The summed E-state index contributed by atoms with van der Waals surface area (Å²) in [4.78, 5) is 3.77. The summed E-state index contributed by atoms with van der Waals surface area (Å²) in [5.74, 6) is 0. The molecule has 1 aromatic rings. The van der Waals surface area contributed by atoms with Crippen LogP contribution in [-0.4, -0.2) is 31.2 Å². The van der Waals surface area contributed by atoms with E-state index in [9.17, 15) is 8.42 Å². The lowest BCUT2D eigenvalue weighted by Gasteiger charge is -2.12. The monoisotopic (exact) mass is 264 g/mol. The predicted octanol–water partition coefficient (Wildman–Crippen LogP) is 0.784. The van der Waals surface area contributed by atoms with Crippen molar-refractivity contribution in [3.05, 3.63) is 23.5 Å². The Kier molecular flexibility index (Phi) is 4.67. The van der Waals surface area contributed by atoms with Crippen LogP contribution in [0.1, 0.15) is 13.3 Å².